The minimum absolute atomic E-state index is 0.0698. The van der Waals surface area contributed by atoms with E-state index in [0.29, 0.717) is 29.0 Å². The minimum Gasteiger partial charge on any atom is -0.382 e. The standard InChI is InChI=1S/C14H22FN3/c1-6-14(4,5)8-17-13-10(3)12(15)9(2)7-11(13)18-16/h6-7,17-18H,1,8,16H2,2-5H3. The van der Waals surface area contributed by atoms with E-state index in [1.165, 1.54) is 0 Å². The van der Waals surface area contributed by atoms with Crippen molar-refractivity contribution in [3.05, 3.63) is 35.7 Å². The fraction of sp³-hybridized carbons (Fsp3) is 0.429. The van der Waals surface area contributed by atoms with Gasteiger partial charge < -0.3 is 10.7 Å². The number of anilines is 2. The van der Waals surface area contributed by atoms with Crippen molar-refractivity contribution in [2.45, 2.75) is 27.7 Å². The van der Waals surface area contributed by atoms with E-state index >= 15 is 0 Å². The Hall–Kier alpha value is -1.55. The molecule has 100 valence electrons. The maximum atomic E-state index is 13.9. The van der Waals surface area contributed by atoms with Gasteiger partial charge in [-0.15, -0.1) is 6.58 Å². The zero-order chi connectivity index (χ0) is 13.9. The third kappa shape index (κ3) is 3.01. The summed E-state index contributed by atoms with van der Waals surface area (Å²) in [7, 11) is 0. The van der Waals surface area contributed by atoms with E-state index in [9.17, 15) is 4.39 Å². The van der Waals surface area contributed by atoms with E-state index < -0.39 is 0 Å². The molecule has 1 aromatic rings. The summed E-state index contributed by atoms with van der Waals surface area (Å²) in [5.74, 6) is 5.28. The molecule has 0 aliphatic rings. The van der Waals surface area contributed by atoms with Gasteiger partial charge in [-0.05, 0) is 30.9 Å². The molecule has 0 radical (unpaired) electrons. The molecule has 0 aromatic heterocycles. The second-order valence-electron chi connectivity index (χ2n) is 5.25. The Balaban J connectivity index is 3.08. The van der Waals surface area contributed by atoms with Gasteiger partial charge in [0, 0.05) is 12.1 Å². The van der Waals surface area contributed by atoms with E-state index in [1.807, 2.05) is 6.08 Å². The first kappa shape index (κ1) is 14.5. The summed E-state index contributed by atoms with van der Waals surface area (Å²) in [6.45, 7) is 12.0. The van der Waals surface area contributed by atoms with Gasteiger partial charge in [0.15, 0.2) is 0 Å². The first-order chi connectivity index (χ1) is 8.32. The topological polar surface area (TPSA) is 50.1 Å². The van der Waals surface area contributed by atoms with Crippen LogP contribution in [0.2, 0.25) is 0 Å². The van der Waals surface area contributed by atoms with Crippen LogP contribution in [-0.4, -0.2) is 6.54 Å². The molecule has 1 rings (SSSR count). The molecular weight excluding hydrogens is 229 g/mol. The Morgan fingerprint density at radius 1 is 1.44 bits per heavy atom. The SMILES string of the molecule is C=CC(C)(C)CNc1c(NN)cc(C)c(F)c1C. The average Bonchev–Trinajstić information content (AvgIpc) is 2.34. The normalized spacial score (nSPS) is 11.2. The molecule has 4 N–H and O–H groups in total. The molecule has 1 aromatic carbocycles. The zero-order valence-corrected chi connectivity index (χ0v) is 11.5. The highest BCUT2D eigenvalue weighted by molar-refractivity contribution is 5.73. The van der Waals surface area contributed by atoms with Crippen LogP contribution in [0.3, 0.4) is 0 Å². The van der Waals surface area contributed by atoms with Crippen molar-refractivity contribution < 1.29 is 4.39 Å². The van der Waals surface area contributed by atoms with E-state index in [1.54, 1.807) is 19.9 Å². The summed E-state index contributed by atoms with van der Waals surface area (Å²) < 4.78 is 13.9. The van der Waals surface area contributed by atoms with Gasteiger partial charge in [-0.25, -0.2) is 4.39 Å². The molecule has 0 fully saturated rings. The van der Waals surface area contributed by atoms with Crippen molar-refractivity contribution in [2.24, 2.45) is 11.3 Å². The Labute approximate surface area is 108 Å². The molecule has 0 saturated carbocycles. The number of nitrogens with one attached hydrogen (secondary N) is 2. The van der Waals surface area contributed by atoms with E-state index in [-0.39, 0.29) is 11.2 Å². The molecule has 0 amide bonds. The number of benzene rings is 1. The summed E-state index contributed by atoms with van der Waals surface area (Å²) in [5, 5.41) is 3.24. The van der Waals surface area contributed by atoms with Crippen molar-refractivity contribution in [1.29, 1.82) is 0 Å². The third-order valence-electron chi connectivity index (χ3n) is 3.11. The number of hydrogen-bond acceptors (Lipinski definition) is 3. The highest BCUT2D eigenvalue weighted by Gasteiger charge is 2.17. The molecule has 0 unspecified atom stereocenters. The Bertz CT molecular complexity index is 453. The first-order valence-electron chi connectivity index (χ1n) is 5.96. The van der Waals surface area contributed by atoms with Gasteiger partial charge in [0.1, 0.15) is 5.82 Å². The van der Waals surface area contributed by atoms with Crippen LogP contribution in [0.4, 0.5) is 15.8 Å². The van der Waals surface area contributed by atoms with Crippen molar-refractivity contribution in [3.63, 3.8) is 0 Å². The predicted octanol–water partition coefficient (Wildman–Crippen LogP) is 3.35. The van der Waals surface area contributed by atoms with Crippen LogP contribution in [0.1, 0.15) is 25.0 Å². The van der Waals surface area contributed by atoms with Crippen molar-refractivity contribution in [1.82, 2.24) is 0 Å². The molecule has 0 saturated heterocycles. The summed E-state index contributed by atoms with van der Waals surface area (Å²) in [6.07, 6.45) is 1.87. The van der Waals surface area contributed by atoms with Crippen LogP contribution in [0.15, 0.2) is 18.7 Å². The van der Waals surface area contributed by atoms with Crippen LogP contribution in [0, 0.1) is 25.1 Å². The molecule has 0 aliphatic carbocycles. The van der Waals surface area contributed by atoms with E-state index in [2.05, 4.69) is 31.2 Å². The maximum Gasteiger partial charge on any atom is 0.131 e. The molecule has 0 spiro atoms. The summed E-state index contributed by atoms with van der Waals surface area (Å²) in [4.78, 5) is 0. The van der Waals surface area contributed by atoms with Crippen LogP contribution < -0.4 is 16.6 Å². The lowest BCUT2D eigenvalue weighted by Crippen LogP contribution is -2.22. The van der Waals surface area contributed by atoms with Crippen molar-refractivity contribution in [3.8, 4) is 0 Å². The monoisotopic (exact) mass is 251 g/mol. The second-order valence-corrected chi connectivity index (χ2v) is 5.25. The molecule has 0 atom stereocenters. The Morgan fingerprint density at radius 2 is 2.06 bits per heavy atom. The van der Waals surface area contributed by atoms with Gasteiger partial charge in [0.2, 0.25) is 0 Å². The number of nitrogen functional groups attached to an aromatic ring is 1. The number of rotatable bonds is 5. The van der Waals surface area contributed by atoms with Gasteiger partial charge in [-0.1, -0.05) is 19.9 Å². The second kappa shape index (κ2) is 5.40. The molecule has 0 aliphatic heterocycles. The van der Waals surface area contributed by atoms with Crippen LogP contribution in [-0.2, 0) is 0 Å². The molecule has 18 heavy (non-hydrogen) atoms. The number of aryl methyl sites for hydroxylation is 1. The third-order valence-corrected chi connectivity index (χ3v) is 3.11. The lowest BCUT2D eigenvalue weighted by atomic mass is 9.93. The molecule has 0 heterocycles. The highest BCUT2D eigenvalue weighted by atomic mass is 19.1. The van der Waals surface area contributed by atoms with Gasteiger partial charge in [0.05, 0.1) is 11.4 Å². The van der Waals surface area contributed by atoms with Crippen LogP contribution in [0.25, 0.3) is 0 Å². The van der Waals surface area contributed by atoms with Crippen molar-refractivity contribution in [2.75, 3.05) is 17.3 Å². The predicted molar refractivity (Wildman–Crippen MR) is 76.2 cm³/mol. The molecule has 4 heteroatoms. The minimum atomic E-state index is -0.201. The first-order valence-corrected chi connectivity index (χ1v) is 5.96. The summed E-state index contributed by atoms with van der Waals surface area (Å²) in [5.41, 5.74) is 5.09. The molecule has 0 bridgehead atoms. The number of halogens is 1. The summed E-state index contributed by atoms with van der Waals surface area (Å²) >= 11 is 0. The number of hydrazine groups is 1. The fourth-order valence-electron chi connectivity index (χ4n) is 1.69. The quantitative estimate of drug-likeness (QED) is 0.427. The van der Waals surface area contributed by atoms with Crippen LogP contribution in [0.5, 0.6) is 0 Å². The zero-order valence-electron chi connectivity index (χ0n) is 11.5. The lowest BCUT2D eigenvalue weighted by Gasteiger charge is -2.24. The van der Waals surface area contributed by atoms with E-state index in [4.69, 9.17) is 5.84 Å². The lowest BCUT2D eigenvalue weighted by molar-refractivity contribution is 0.513. The number of hydrogen-bond donors (Lipinski definition) is 3. The summed E-state index contributed by atoms with van der Waals surface area (Å²) in [6, 6.07) is 1.70. The largest absolute Gasteiger partial charge is 0.382 e. The van der Waals surface area contributed by atoms with Gasteiger partial charge in [0.25, 0.3) is 0 Å². The van der Waals surface area contributed by atoms with Gasteiger partial charge in [-0.3, -0.25) is 5.84 Å². The maximum absolute atomic E-state index is 13.9. The van der Waals surface area contributed by atoms with Crippen LogP contribution >= 0.6 is 0 Å². The van der Waals surface area contributed by atoms with Crippen molar-refractivity contribution >= 4 is 11.4 Å². The highest BCUT2D eigenvalue weighted by Crippen LogP contribution is 2.31. The smallest absolute Gasteiger partial charge is 0.131 e. The fourth-order valence-corrected chi connectivity index (χ4v) is 1.69. The van der Waals surface area contributed by atoms with Gasteiger partial charge in [-0.2, -0.15) is 0 Å². The Morgan fingerprint density at radius 3 is 2.56 bits per heavy atom. The molecule has 3 nitrogen and oxygen atoms in total. The average molecular weight is 251 g/mol. The van der Waals surface area contributed by atoms with E-state index in [0.717, 1.165) is 0 Å². The molecular formula is C14H22FN3. The van der Waals surface area contributed by atoms with Gasteiger partial charge >= 0.3 is 0 Å². The number of nitrogens with two attached hydrogens (primary N) is 1. The Kier molecular flexibility index (Phi) is 4.35.